The molecular weight excluding hydrogens is 488 g/mol. The minimum Gasteiger partial charge on any atom is -0.382 e. The molecule has 220 valence electrons. The number of ether oxygens (including phenoxy) is 7. The number of nitrogens with one attached hydrogen (secondary N) is 2. The average Bonchev–Trinajstić information content (AvgIpc) is 2.88. The highest BCUT2D eigenvalue weighted by Crippen LogP contribution is 1.87. The first kappa shape index (κ1) is 37.5. The fourth-order valence-corrected chi connectivity index (χ4v) is 2.27. The van der Waals surface area contributed by atoms with Crippen LogP contribution in [0.1, 0.15) is 40.0 Å². The van der Waals surface area contributed by atoms with Crippen LogP contribution in [0.2, 0.25) is 0 Å². The van der Waals surface area contributed by atoms with Crippen molar-refractivity contribution < 1.29 is 47.5 Å². The molecule has 0 aliphatic carbocycles. The van der Waals surface area contributed by atoms with E-state index < -0.39 is 0 Å². The molecule has 2 N–H and O–H groups in total. The van der Waals surface area contributed by atoms with E-state index in [1.807, 2.05) is 6.92 Å². The van der Waals surface area contributed by atoms with E-state index in [0.29, 0.717) is 105 Å². The summed E-state index contributed by atoms with van der Waals surface area (Å²) in [6.07, 6.45) is 1.16. The maximum Gasteiger partial charge on any atom is 0.222 e. The van der Waals surface area contributed by atoms with E-state index in [0.717, 1.165) is 6.61 Å². The molecule has 0 spiro atoms. The number of methoxy groups -OCH3 is 1. The lowest BCUT2D eigenvalue weighted by molar-refractivity contribution is -0.122. The van der Waals surface area contributed by atoms with E-state index in [1.165, 1.54) is 6.92 Å². The molecular formula is C25H50N2O10. The van der Waals surface area contributed by atoms with Gasteiger partial charge in [0.2, 0.25) is 11.8 Å². The van der Waals surface area contributed by atoms with Crippen molar-refractivity contribution in [3.63, 3.8) is 0 Å². The van der Waals surface area contributed by atoms with Gasteiger partial charge in [-0.15, -0.1) is 0 Å². The quantitative estimate of drug-likeness (QED) is 0.152. The number of hydrogen-bond acceptors (Lipinski definition) is 10. The smallest absolute Gasteiger partial charge is 0.222 e. The third kappa shape index (κ3) is 36.6. The van der Waals surface area contributed by atoms with E-state index in [4.69, 9.17) is 33.2 Å². The summed E-state index contributed by atoms with van der Waals surface area (Å²) in [5.41, 5.74) is 0. The summed E-state index contributed by atoms with van der Waals surface area (Å²) in [7, 11) is 1.66. The minimum absolute atomic E-state index is 0.00394. The van der Waals surface area contributed by atoms with Gasteiger partial charge in [-0.2, -0.15) is 0 Å². The molecule has 0 heterocycles. The van der Waals surface area contributed by atoms with Crippen LogP contribution in [0, 0.1) is 0 Å². The first-order valence-electron chi connectivity index (χ1n) is 13.0. The van der Waals surface area contributed by atoms with Crippen molar-refractivity contribution in [3.05, 3.63) is 0 Å². The second kappa shape index (κ2) is 32.4. The standard InChI is InChI=1S/C18H34N2O7.C7H16O3/c1-3-17(22)19-6-10-26-15-13-25-9-5-18(23)20-7-11-27-14-12-24-8-4-16(2)21;1-3-9-6-7-10-5-4-8-2/h3-15H2,1-2H3,(H,19,22)(H,20,23);3-7H2,1-2H3. The molecule has 0 fully saturated rings. The number of amides is 2. The molecule has 0 rings (SSSR count). The summed E-state index contributed by atoms with van der Waals surface area (Å²) < 4.78 is 36.1. The molecule has 0 aliphatic rings. The van der Waals surface area contributed by atoms with E-state index in [9.17, 15) is 14.4 Å². The highest BCUT2D eigenvalue weighted by molar-refractivity contribution is 5.76. The van der Waals surface area contributed by atoms with Gasteiger partial charge < -0.3 is 43.8 Å². The summed E-state index contributed by atoms with van der Waals surface area (Å²) in [4.78, 5) is 33.3. The maximum atomic E-state index is 11.6. The van der Waals surface area contributed by atoms with Crippen LogP contribution in [0.4, 0.5) is 0 Å². The molecule has 0 bridgehead atoms. The van der Waals surface area contributed by atoms with Crippen molar-refractivity contribution in [3.8, 4) is 0 Å². The van der Waals surface area contributed by atoms with Gasteiger partial charge in [-0.3, -0.25) is 14.4 Å². The summed E-state index contributed by atoms with van der Waals surface area (Å²) in [5, 5.41) is 5.44. The van der Waals surface area contributed by atoms with Crippen molar-refractivity contribution in [2.24, 2.45) is 0 Å². The van der Waals surface area contributed by atoms with Crippen LogP contribution in [-0.2, 0) is 47.5 Å². The van der Waals surface area contributed by atoms with Crippen molar-refractivity contribution >= 4 is 17.6 Å². The Morgan fingerprint density at radius 2 is 0.973 bits per heavy atom. The van der Waals surface area contributed by atoms with Gasteiger partial charge in [-0.05, 0) is 13.8 Å². The van der Waals surface area contributed by atoms with Crippen LogP contribution in [0.25, 0.3) is 0 Å². The molecule has 0 aliphatic heterocycles. The van der Waals surface area contributed by atoms with Gasteiger partial charge >= 0.3 is 0 Å². The maximum absolute atomic E-state index is 11.6. The predicted molar refractivity (Wildman–Crippen MR) is 139 cm³/mol. The average molecular weight is 539 g/mol. The van der Waals surface area contributed by atoms with Gasteiger partial charge in [0.1, 0.15) is 5.78 Å². The zero-order valence-electron chi connectivity index (χ0n) is 23.3. The number of carbonyl (C=O) groups excluding carboxylic acids is 3. The van der Waals surface area contributed by atoms with Crippen LogP contribution in [0.5, 0.6) is 0 Å². The van der Waals surface area contributed by atoms with Crippen LogP contribution in [0.15, 0.2) is 0 Å². The molecule has 0 aromatic heterocycles. The lowest BCUT2D eigenvalue weighted by atomic mass is 10.3. The number of ketones is 1. The summed E-state index contributed by atoms with van der Waals surface area (Å²) in [6.45, 7) is 12.9. The number of carbonyl (C=O) groups is 3. The largest absolute Gasteiger partial charge is 0.382 e. The number of Topliss-reactive ketones (excluding diaryl/α,β-unsaturated/α-hetero) is 1. The van der Waals surface area contributed by atoms with Crippen molar-refractivity contribution in [2.75, 3.05) is 106 Å². The molecule has 12 nitrogen and oxygen atoms in total. The SMILES string of the molecule is CCC(=O)NCCOCCOCCC(=O)NCCOCCOCCC(C)=O.CCOCCOCCOC. The van der Waals surface area contributed by atoms with Gasteiger partial charge in [-0.25, -0.2) is 0 Å². The Morgan fingerprint density at radius 1 is 0.541 bits per heavy atom. The molecule has 0 aromatic rings. The molecule has 37 heavy (non-hydrogen) atoms. The van der Waals surface area contributed by atoms with Crippen molar-refractivity contribution in [1.29, 1.82) is 0 Å². The Balaban J connectivity index is 0. The Labute approximate surface area is 222 Å². The van der Waals surface area contributed by atoms with Crippen LogP contribution < -0.4 is 10.6 Å². The van der Waals surface area contributed by atoms with Gasteiger partial charge in [0.25, 0.3) is 0 Å². The van der Waals surface area contributed by atoms with Crippen molar-refractivity contribution in [2.45, 2.75) is 40.0 Å². The monoisotopic (exact) mass is 538 g/mol. The molecule has 0 radical (unpaired) electrons. The topological polar surface area (TPSA) is 140 Å². The zero-order valence-corrected chi connectivity index (χ0v) is 23.3. The van der Waals surface area contributed by atoms with Crippen LogP contribution >= 0.6 is 0 Å². The number of rotatable bonds is 26. The Hall–Kier alpha value is -1.67. The van der Waals surface area contributed by atoms with Gasteiger partial charge in [0, 0.05) is 46.1 Å². The zero-order chi connectivity index (χ0) is 27.8. The van der Waals surface area contributed by atoms with Crippen LogP contribution in [0.3, 0.4) is 0 Å². The Kier molecular flexibility index (Phi) is 32.8. The molecule has 0 atom stereocenters. The predicted octanol–water partition coefficient (Wildman–Crippen LogP) is 0.750. The van der Waals surface area contributed by atoms with E-state index in [1.54, 1.807) is 14.0 Å². The second-order valence-electron chi connectivity index (χ2n) is 7.51. The molecule has 12 heteroatoms. The van der Waals surface area contributed by atoms with Gasteiger partial charge in [0.15, 0.2) is 0 Å². The molecule has 0 saturated carbocycles. The van der Waals surface area contributed by atoms with E-state index in [2.05, 4.69) is 10.6 Å². The number of hydrogen-bond donors (Lipinski definition) is 2. The molecule has 0 saturated heterocycles. The Morgan fingerprint density at radius 3 is 1.46 bits per heavy atom. The van der Waals surface area contributed by atoms with Crippen molar-refractivity contribution in [1.82, 2.24) is 10.6 Å². The van der Waals surface area contributed by atoms with Crippen LogP contribution in [-0.4, -0.2) is 124 Å². The van der Waals surface area contributed by atoms with E-state index in [-0.39, 0.29) is 24.0 Å². The molecule has 2 amide bonds. The minimum atomic E-state index is -0.0977. The van der Waals surface area contributed by atoms with Gasteiger partial charge in [0.05, 0.1) is 79.3 Å². The third-order valence-corrected chi connectivity index (χ3v) is 4.28. The second-order valence-corrected chi connectivity index (χ2v) is 7.51. The summed E-state index contributed by atoms with van der Waals surface area (Å²) in [5.74, 6) is 0.0105. The summed E-state index contributed by atoms with van der Waals surface area (Å²) >= 11 is 0. The lowest BCUT2D eigenvalue weighted by Crippen LogP contribution is -2.28. The van der Waals surface area contributed by atoms with E-state index >= 15 is 0 Å². The lowest BCUT2D eigenvalue weighted by Gasteiger charge is -2.08. The fourth-order valence-electron chi connectivity index (χ4n) is 2.27. The van der Waals surface area contributed by atoms with Gasteiger partial charge in [-0.1, -0.05) is 6.92 Å². The normalized spacial score (nSPS) is 10.5. The Bertz CT molecular complexity index is 516. The summed E-state index contributed by atoms with van der Waals surface area (Å²) in [6, 6.07) is 0. The highest BCUT2D eigenvalue weighted by atomic mass is 16.5. The molecule has 0 aromatic carbocycles. The fraction of sp³-hybridized carbons (Fsp3) is 0.880. The molecule has 0 unspecified atom stereocenters. The highest BCUT2D eigenvalue weighted by Gasteiger charge is 2.01. The first-order chi connectivity index (χ1) is 18.0. The third-order valence-electron chi connectivity index (χ3n) is 4.28. The first-order valence-corrected chi connectivity index (χ1v) is 13.0.